The van der Waals surface area contributed by atoms with Gasteiger partial charge in [-0.25, -0.2) is 4.79 Å². The van der Waals surface area contributed by atoms with E-state index in [1.54, 1.807) is 12.1 Å². The highest BCUT2D eigenvalue weighted by molar-refractivity contribution is 6.00. The minimum Gasteiger partial charge on any atom is -0.481 e. The third kappa shape index (κ3) is 3.97. The van der Waals surface area contributed by atoms with E-state index in [9.17, 15) is 14.7 Å². The zero-order chi connectivity index (χ0) is 22.0. The fraction of sp³-hybridized carbons (Fsp3) is 0.200. The number of nitrogens with zero attached hydrogens (tertiary/aromatic N) is 1. The minimum absolute atomic E-state index is 0.0447. The van der Waals surface area contributed by atoms with Crippen molar-refractivity contribution in [3.63, 3.8) is 0 Å². The fourth-order valence-electron chi connectivity index (χ4n) is 4.00. The number of hydrogen-bond acceptors (Lipinski definition) is 4. The maximum Gasteiger partial charge on any atom is 0.336 e. The Morgan fingerprint density at radius 1 is 1.10 bits per heavy atom. The van der Waals surface area contributed by atoms with Crippen LogP contribution in [-0.4, -0.2) is 35.2 Å². The van der Waals surface area contributed by atoms with Crippen LogP contribution in [0.5, 0.6) is 5.75 Å². The summed E-state index contributed by atoms with van der Waals surface area (Å²) in [6.07, 6.45) is 6.77. The van der Waals surface area contributed by atoms with E-state index in [0.717, 1.165) is 28.8 Å². The molecule has 1 heterocycles. The number of benzene rings is 2. The number of carboxylic acid groups (broad SMARTS) is 2. The smallest absolute Gasteiger partial charge is 0.336 e. The number of carboxylic acids is 2. The predicted octanol–water partition coefficient (Wildman–Crippen LogP) is 4.72. The van der Waals surface area contributed by atoms with Crippen LogP contribution in [0, 0.1) is 0 Å². The Morgan fingerprint density at radius 3 is 2.65 bits per heavy atom. The van der Waals surface area contributed by atoms with Crippen LogP contribution >= 0.6 is 0 Å². The molecule has 0 unspecified atom stereocenters. The van der Waals surface area contributed by atoms with Crippen molar-refractivity contribution >= 4 is 23.2 Å². The third-order valence-corrected chi connectivity index (χ3v) is 5.48. The largest absolute Gasteiger partial charge is 0.481 e. The number of hydrogen-bond donors (Lipinski definition) is 2. The second-order valence-electron chi connectivity index (χ2n) is 7.35. The van der Waals surface area contributed by atoms with Gasteiger partial charge in [-0.15, -0.1) is 0 Å². The summed E-state index contributed by atoms with van der Waals surface area (Å²) in [6, 6.07) is 12.7. The lowest BCUT2D eigenvalue weighted by atomic mass is 9.85. The predicted molar refractivity (Wildman–Crippen MR) is 118 cm³/mol. The lowest BCUT2D eigenvalue weighted by molar-refractivity contribution is -0.136. The molecule has 0 amide bonds. The van der Waals surface area contributed by atoms with Gasteiger partial charge < -0.3 is 19.8 Å². The Balaban J connectivity index is 1.85. The highest BCUT2D eigenvalue weighted by Gasteiger charge is 2.28. The van der Waals surface area contributed by atoms with Crippen LogP contribution in [0.4, 0.5) is 5.69 Å². The lowest BCUT2D eigenvalue weighted by Gasteiger charge is -2.29. The molecule has 1 aliphatic carbocycles. The Hall–Kier alpha value is -3.80. The van der Waals surface area contributed by atoms with E-state index in [0.29, 0.717) is 30.2 Å². The zero-order valence-corrected chi connectivity index (χ0v) is 17.2. The van der Waals surface area contributed by atoms with Gasteiger partial charge in [0.15, 0.2) is 0 Å². The molecule has 6 nitrogen and oxygen atoms in total. The Kier molecular flexibility index (Phi) is 5.62. The first kappa shape index (κ1) is 20.5. The van der Waals surface area contributed by atoms with Crippen LogP contribution in [0.15, 0.2) is 72.0 Å². The van der Waals surface area contributed by atoms with Gasteiger partial charge in [0, 0.05) is 41.6 Å². The number of aliphatic carboxylic acids is 1. The zero-order valence-electron chi connectivity index (χ0n) is 17.2. The molecule has 2 aliphatic rings. The molecule has 0 spiro atoms. The summed E-state index contributed by atoms with van der Waals surface area (Å²) in [7, 11) is 0. The van der Waals surface area contributed by atoms with Gasteiger partial charge in [-0.05, 0) is 43.2 Å². The summed E-state index contributed by atoms with van der Waals surface area (Å²) >= 11 is 0. The van der Waals surface area contributed by atoms with E-state index >= 15 is 0 Å². The maximum atomic E-state index is 11.9. The molecular weight excluding hydrogens is 394 g/mol. The number of ether oxygens (including phenoxy) is 1. The Morgan fingerprint density at radius 2 is 1.90 bits per heavy atom. The van der Waals surface area contributed by atoms with E-state index in [1.165, 1.54) is 0 Å². The number of anilines is 1. The molecule has 31 heavy (non-hydrogen) atoms. The summed E-state index contributed by atoms with van der Waals surface area (Å²) in [5.74, 6) is -0.487. The summed E-state index contributed by atoms with van der Waals surface area (Å²) in [5, 5.41) is 18.8. The molecule has 6 heteroatoms. The molecule has 2 N–H and O–H groups in total. The van der Waals surface area contributed by atoms with E-state index < -0.39 is 11.9 Å². The summed E-state index contributed by atoms with van der Waals surface area (Å²) in [6.45, 7) is 3.03. The van der Waals surface area contributed by atoms with Crippen LogP contribution < -0.4 is 9.64 Å². The van der Waals surface area contributed by atoms with Gasteiger partial charge in [0.2, 0.25) is 0 Å². The number of carbonyl (C=O) groups is 2. The second kappa shape index (κ2) is 8.52. The molecule has 0 saturated carbocycles. The first-order chi connectivity index (χ1) is 15.0. The average Bonchev–Trinajstić information content (AvgIpc) is 2.77. The highest BCUT2D eigenvalue weighted by Crippen LogP contribution is 2.45. The summed E-state index contributed by atoms with van der Waals surface area (Å²) in [5.41, 5.74) is 4.23. The van der Waals surface area contributed by atoms with E-state index in [-0.39, 0.29) is 12.0 Å². The van der Waals surface area contributed by atoms with Crippen molar-refractivity contribution in [3.05, 3.63) is 88.7 Å². The van der Waals surface area contributed by atoms with Crippen molar-refractivity contribution in [3.8, 4) is 5.75 Å². The van der Waals surface area contributed by atoms with Gasteiger partial charge in [-0.1, -0.05) is 30.4 Å². The Bertz CT molecular complexity index is 1140. The molecule has 0 bridgehead atoms. The molecule has 0 fully saturated rings. The van der Waals surface area contributed by atoms with Gasteiger partial charge in [0.1, 0.15) is 11.5 Å². The molecule has 1 aliphatic heterocycles. The maximum absolute atomic E-state index is 11.9. The van der Waals surface area contributed by atoms with Crippen LogP contribution in [0.25, 0.3) is 5.57 Å². The van der Waals surface area contributed by atoms with Gasteiger partial charge in [0.25, 0.3) is 0 Å². The monoisotopic (exact) mass is 417 g/mol. The van der Waals surface area contributed by atoms with Gasteiger partial charge in [-0.2, -0.15) is 0 Å². The normalized spacial score (nSPS) is 14.3. The van der Waals surface area contributed by atoms with Crippen molar-refractivity contribution < 1.29 is 24.5 Å². The van der Waals surface area contributed by atoms with Crippen LogP contribution in [-0.2, 0) is 4.79 Å². The van der Waals surface area contributed by atoms with Crippen LogP contribution in [0.3, 0.4) is 0 Å². The molecule has 0 radical (unpaired) electrons. The molecule has 0 atom stereocenters. The van der Waals surface area contributed by atoms with Gasteiger partial charge in [-0.3, -0.25) is 4.79 Å². The topological polar surface area (TPSA) is 87.1 Å². The highest BCUT2D eigenvalue weighted by atomic mass is 16.5. The third-order valence-electron chi connectivity index (χ3n) is 5.48. The summed E-state index contributed by atoms with van der Waals surface area (Å²) in [4.78, 5) is 24.9. The van der Waals surface area contributed by atoms with Crippen molar-refractivity contribution in [2.75, 3.05) is 18.0 Å². The first-order valence-corrected chi connectivity index (χ1v) is 10.2. The standard InChI is InChI=1S/C25H23NO5/c1-2-26(14-13-23(27)28)16-11-12-20-22(15-16)31-21-10-6-5-9-19(21)24(20)17-7-3-4-8-18(17)25(29)30/h3-5,7-12,15H,2,6,13-14H2,1H3,(H,27,28)(H,29,30). The minimum atomic E-state index is -0.982. The van der Waals surface area contributed by atoms with Gasteiger partial charge >= 0.3 is 11.9 Å². The molecule has 2 aromatic carbocycles. The average molecular weight is 417 g/mol. The molecular formula is C25H23NO5. The van der Waals surface area contributed by atoms with E-state index in [4.69, 9.17) is 9.84 Å². The second-order valence-corrected chi connectivity index (χ2v) is 7.35. The Labute approximate surface area is 180 Å². The fourth-order valence-corrected chi connectivity index (χ4v) is 4.00. The number of aromatic carboxylic acids is 1. The molecule has 2 aromatic rings. The van der Waals surface area contributed by atoms with Crippen molar-refractivity contribution in [1.82, 2.24) is 0 Å². The SMILES string of the molecule is CCN(CCC(=O)O)c1ccc2c(c1)OC1=CCC=CC1=C2c1ccccc1C(=O)O. The van der Waals surface area contributed by atoms with Crippen molar-refractivity contribution in [1.29, 1.82) is 0 Å². The van der Waals surface area contributed by atoms with Crippen molar-refractivity contribution in [2.45, 2.75) is 19.8 Å². The quantitative estimate of drug-likeness (QED) is 0.678. The molecule has 4 rings (SSSR count). The van der Waals surface area contributed by atoms with E-state index in [1.807, 2.05) is 60.4 Å². The van der Waals surface area contributed by atoms with Gasteiger partial charge in [0.05, 0.1) is 12.0 Å². The number of allylic oxidation sites excluding steroid dienone is 3. The molecule has 158 valence electrons. The van der Waals surface area contributed by atoms with E-state index in [2.05, 4.69) is 0 Å². The summed E-state index contributed by atoms with van der Waals surface area (Å²) < 4.78 is 6.21. The lowest BCUT2D eigenvalue weighted by Crippen LogP contribution is -2.26. The van der Waals surface area contributed by atoms with Crippen LogP contribution in [0.2, 0.25) is 0 Å². The molecule has 0 aromatic heterocycles. The first-order valence-electron chi connectivity index (χ1n) is 10.2. The molecule has 0 saturated heterocycles. The van der Waals surface area contributed by atoms with Crippen molar-refractivity contribution in [2.24, 2.45) is 0 Å². The van der Waals surface area contributed by atoms with Crippen LogP contribution in [0.1, 0.15) is 41.3 Å². The number of fused-ring (bicyclic) bond motifs is 2. The number of rotatable bonds is 7.